The summed E-state index contributed by atoms with van der Waals surface area (Å²) >= 11 is 1.52. The monoisotopic (exact) mass is 471 g/mol. The van der Waals surface area contributed by atoms with Gasteiger partial charge in [0.05, 0.1) is 26.8 Å². The average molecular weight is 472 g/mol. The Morgan fingerprint density at radius 2 is 1.66 bits per heavy atom. The first-order chi connectivity index (χ1) is 15.1. The van der Waals surface area contributed by atoms with E-state index < -0.39 is 20.9 Å². The lowest BCUT2D eigenvalue weighted by Gasteiger charge is -2.20. The van der Waals surface area contributed by atoms with Crippen LogP contribution in [0, 0.1) is 17.0 Å². The van der Waals surface area contributed by atoms with Crippen LogP contribution in [0.2, 0.25) is 0 Å². The van der Waals surface area contributed by atoms with Crippen molar-refractivity contribution >= 4 is 44.8 Å². The van der Waals surface area contributed by atoms with Gasteiger partial charge in [-0.25, -0.2) is 8.42 Å². The molecule has 8 nitrogen and oxygen atoms in total. The van der Waals surface area contributed by atoms with Crippen molar-refractivity contribution in [2.75, 3.05) is 22.9 Å². The summed E-state index contributed by atoms with van der Waals surface area (Å²) in [4.78, 5) is 24.3. The van der Waals surface area contributed by atoms with Crippen molar-refractivity contribution < 1.29 is 18.1 Å². The van der Waals surface area contributed by atoms with Crippen LogP contribution in [0.5, 0.6) is 0 Å². The van der Waals surface area contributed by atoms with Crippen LogP contribution in [0.1, 0.15) is 15.9 Å². The summed E-state index contributed by atoms with van der Waals surface area (Å²) < 4.78 is 26.9. The van der Waals surface area contributed by atoms with Crippen molar-refractivity contribution in [1.82, 2.24) is 0 Å². The summed E-state index contributed by atoms with van der Waals surface area (Å²) in [5.41, 5.74) is 1.27. The number of sulfonamides is 1. The highest BCUT2D eigenvalue weighted by molar-refractivity contribution is 7.98. The van der Waals surface area contributed by atoms with Gasteiger partial charge >= 0.3 is 0 Å². The molecule has 0 aliphatic rings. The second-order valence-electron chi connectivity index (χ2n) is 6.86. The lowest BCUT2D eigenvalue weighted by Crippen LogP contribution is -2.26. The molecular formula is C22H21N3O5S2. The van der Waals surface area contributed by atoms with Gasteiger partial charge in [-0.2, -0.15) is 0 Å². The second kappa shape index (κ2) is 9.41. The third-order valence-electron chi connectivity index (χ3n) is 4.96. The molecule has 0 bridgehead atoms. The number of hydrogen-bond donors (Lipinski definition) is 1. The zero-order valence-electron chi connectivity index (χ0n) is 17.6. The predicted molar refractivity (Wildman–Crippen MR) is 126 cm³/mol. The third-order valence-corrected chi connectivity index (χ3v) is 7.50. The highest BCUT2D eigenvalue weighted by Gasteiger charge is 2.22. The molecule has 0 atom stereocenters. The lowest BCUT2D eigenvalue weighted by molar-refractivity contribution is -0.385. The van der Waals surface area contributed by atoms with Crippen LogP contribution < -0.4 is 9.62 Å². The molecule has 166 valence electrons. The van der Waals surface area contributed by atoms with Crippen LogP contribution in [0.25, 0.3) is 0 Å². The standard InChI is InChI=1S/C22H21N3O5S2/c1-15-20(5-4-6-21(15)25(27)28)23-22(26)16-7-9-17(10-8-16)24(2)32(29,30)19-13-11-18(31-3)12-14-19/h4-14H,1-3H3,(H,23,26). The Kier molecular flexibility index (Phi) is 6.85. The van der Waals surface area contributed by atoms with E-state index in [9.17, 15) is 23.3 Å². The topological polar surface area (TPSA) is 110 Å². The number of nitrogens with zero attached hydrogens (tertiary/aromatic N) is 2. The Labute approximate surface area is 190 Å². The summed E-state index contributed by atoms with van der Waals surface area (Å²) in [6.07, 6.45) is 1.91. The first-order valence-electron chi connectivity index (χ1n) is 9.43. The van der Waals surface area contributed by atoms with Crippen LogP contribution in [0.15, 0.2) is 76.5 Å². The number of hydrogen-bond acceptors (Lipinski definition) is 6. The van der Waals surface area contributed by atoms with Gasteiger partial charge in [0.15, 0.2) is 0 Å². The van der Waals surface area contributed by atoms with E-state index in [1.54, 1.807) is 37.3 Å². The van der Waals surface area contributed by atoms with E-state index in [1.165, 1.54) is 55.2 Å². The normalized spacial score (nSPS) is 11.1. The summed E-state index contributed by atoms with van der Waals surface area (Å²) in [6, 6.07) is 17.1. The molecule has 1 N–H and O–H groups in total. The Morgan fingerprint density at radius 3 is 2.22 bits per heavy atom. The Bertz CT molecular complexity index is 1260. The van der Waals surface area contributed by atoms with E-state index in [4.69, 9.17) is 0 Å². The number of nitrogens with one attached hydrogen (secondary N) is 1. The fourth-order valence-electron chi connectivity index (χ4n) is 3.02. The molecule has 0 unspecified atom stereocenters. The smallest absolute Gasteiger partial charge is 0.274 e. The minimum atomic E-state index is -3.76. The zero-order valence-corrected chi connectivity index (χ0v) is 19.2. The molecule has 0 saturated heterocycles. The SMILES string of the molecule is CSc1ccc(S(=O)(=O)N(C)c2ccc(C(=O)Nc3cccc([N+](=O)[O-])c3C)cc2)cc1. The predicted octanol–water partition coefficient (Wildman–Crippen LogP) is 4.70. The van der Waals surface area contributed by atoms with Gasteiger partial charge in [0.25, 0.3) is 21.6 Å². The molecule has 0 fully saturated rings. The first-order valence-corrected chi connectivity index (χ1v) is 12.1. The van der Waals surface area contributed by atoms with Gasteiger partial charge < -0.3 is 5.32 Å². The van der Waals surface area contributed by atoms with Gasteiger partial charge in [-0.05, 0) is 67.8 Å². The molecule has 0 heterocycles. The van der Waals surface area contributed by atoms with Crippen LogP contribution in [0.4, 0.5) is 17.1 Å². The second-order valence-corrected chi connectivity index (χ2v) is 9.70. The fraction of sp³-hybridized carbons (Fsp3) is 0.136. The van der Waals surface area contributed by atoms with Gasteiger partial charge in [0.1, 0.15) is 0 Å². The van der Waals surface area contributed by atoms with Gasteiger partial charge in [0, 0.05) is 23.6 Å². The van der Waals surface area contributed by atoms with Crippen molar-refractivity contribution in [3.63, 3.8) is 0 Å². The molecule has 0 aromatic heterocycles. The molecule has 3 aromatic rings. The summed E-state index contributed by atoms with van der Waals surface area (Å²) in [7, 11) is -2.31. The van der Waals surface area contributed by atoms with Crippen LogP contribution in [-0.4, -0.2) is 32.6 Å². The number of amides is 1. The van der Waals surface area contributed by atoms with Crippen molar-refractivity contribution in [3.05, 3.63) is 88.0 Å². The first kappa shape index (κ1) is 23.3. The largest absolute Gasteiger partial charge is 0.321 e. The molecule has 0 saturated carbocycles. The Hall–Kier alpha value is -3.37. The maximum Gasteiger partial charge on any atom is 0.274 e. The van der Waals surface area contributed by atoms with E-state index in [2.05, 4.69) is 5.32 Å². The minimum absolute atomic E-state index is 0.0875. The highest BCUT2D eigenvalue weighted by atomic mass is 32.2. The molecule has 10 heteroatoms. The van der Waals surface area contributed by atoms with E-state index in [0.29, 0.717) is 16.9 Å². The fourth-order valence-corrected chi connectivity index (χ4v) is 4.62. The number of carbonyl (C=O) groups excluding carboxylic acids is 1. The van der Waals surface area contributed by atoms with Gasteiger partial charge in [-0.3, -0.25) is 19.2 Å². The van der Waals surface area contributed by atoms with Crippen LogP contribution >= 0.6 is 11.8 Å². The third kappa shape index (κ3) is 4.76. The number of benzene rings is 3. The summed E-state index contributed by atoms with van der Waals surface area (Å²) in [6.45, 7) is 1.56. The maximum atomic E-state index is 12.9. The van der Waals surface area contributed by atoms with Crippen molar-refractivity contribution in [1.29, 1.82) is 0 Å². The Balaban J connectivity index is 1.79. The zero-order chi connectivity index (χ0) is 23.5. The van der Waals surface area contributed by atoms with Crippen molar-refractivity contribution in [2.45, 2.75) is 16.7 Å². The molecule has 3 aromatic carbocycles. The van der Waals surface area contributed by atoms with E-state index in [1.807, 2.05) is 6.26 Å². The summed E-state index contributed by atoms with van der Waals surface area (Å²) in [5.74, 6) is -0.460. The number of nitro groups is 1. The minimum Gasteiger partial charge on any atom is -0.321 e. The molecule has 32 heavy (non-hydrogen) atoms. The molecule has 0 spiro atoms. The van der Waals surface area contributed by atoms with Crippen molar-refractivity contribution in [3.8, 4) is 0 Å². The highest BCUT2D eigenvalue weighted by Crippen LogP contribution is 2.27. The number of thioether (sulfide) groups is 1. The quantitative estimate of drug-likeness (QED) is 0.304. The molecular weight excluding hydrogens is 450 g/mol. The molecule has 1 amide bonds. The van der Waals surface area contributed by atoms with Gasteiger partial charge in [-0.1, -0.05) is 6.07 Å². The number of anilines is 2. The van der Waals surface area contributed by atoms with Crippen LogP contribution in [0.3, 0.4) is 0 Å². The Morgan fingerprint density at radius 1 is 1.03 bits per heavy atom. The van der Waals surface area contributed by atoms with Gasteiger partial charge in [-0.15, -0.1) is 11.8 Å². The number of rotatable bonds is 7. The van der Waals surface area contributed by atoms with Crippen LogP contribution in [-0.2, 0) is 10.0 Å². The van der Waals surface area contributed by atoms with E-state index in [-0.39, 0.29) is 16.1 Å². The number of carbonyl (C=O) groups is 1. The molecule has 0 radical (unpaired) electrons. The van der Waals surface area contributed by atoms with E-state index in [0.717, 1.165) is 9.20 Å². The lowest BCUT2D eigenvalue weighted by atomic mass is 10.1. The number of nitro benzene ring substituents is 1. The molecule has 3 rings (SSSR count). The van der Waals surface area contributed by atoms with E-state index >= 15 is 0 Å². The summed E-state index contributed by atoms with van der Waals surface area (Å²) in [5, 5.41) is 13.7. The maximum absolute atomic E-state index is 12.9. The molecule has 0 aliphatic heterocycles. The molecule has 0 aliphatic carbocycles. The van der Waals surface area contributed by atoms with Gasteiger partial charge in [0.2, 0.25) is 0 Å². The average Bonchev–Trinajstić information content (AvgIpc) is 2.79. The van der Waals surface area contributed by atoms with Crippen molar-refractivity contribution in [2.24, 2.45) is 0 Å².